The van der Waals surface area contributed by atoms with Crippen molar-refractivity contribution >= 4 is 11.6 Å². The summed E-state index contributed by atoms with van der Waals surface area (Å²) < 4.78 is 2.03. The van der Waals surface area contributed by atoms with Crippen LogP contribution >= 0.6 is 0 Å². The van der Waals surface area contributed by atoms with Crippen molar-refractivity contribution in [3.63, 3.8) is 0 Å². The van der Waals surface area contributed by atoms with Crippen molar-refractivity contribution < 1.29 is 4.79 Å². The third-order valence-electron chi connectivity index (χ3n) is 6.36. The maximum atomic E-state index is 13.2. The molecule has 1 aromatic carbocycles. The standard InChI is InChI=1S/C21H24N2O/c1-15-20(2,3)16-10-11-21(15,14-16)19(24)22-17-8-4-5-9-18(17)23-12-6-7-13-23/h4-9,12-13,16H,1,10-11,14H2,2-3H3,(H,22,24). The quantitative estimate of drug-likeness (QED) is 0.810. The molecule has 1 aromatic heterocycles. The fourth-order valence-electron chi connectivity index (χ4n) is 4.68. The fourth-order valence-corrected chi connectivity index (χ4v) is 4.68. The van der Waals surface area contributed by atoms with Crippen LogP contribution in [0.4, 0.5) is 5.69 Å². The monoisotopic (exact) mass is 320 g/mol. The second kappa shape index (κ2) is 5.10. The molecule has 3 nitrogen and oxygen atoms in total. The first kappa shape index (κ1) is 15.3. The normalized spacial score (nSPS) is 27.4. The molecule has 1 heterocycles. The molecule has 2 fully saturated rings. The minimum atomic E-state index is -0.391. The van der Waals surface area contributed by atoms with Gasteiger partial charge in [0.25, 0.3) is 0 Å². The summed E-state index contributed by atoms with van der Waals surface area (Å²) in [7, 11) is 0. The van der Waals surface area contributed by atoms with E-state index in [4.69, 9.17) is 0 Å². The summed E-state index contributed by atoms with van der Waals surface area (Å²) >= 11 is 0. The molecule has 124 valence electrons. The van der Waals surface area contributed by atoms with Crippen LogP contribution in [0.15, 0.2) is 60.9 Å². The van der Waals surface area contributed by atoms with Gasteiger partial charge < -0.3 is 9.88 Å². The minimum absolute atomic E-state index is 0.0650. The molecule has 0 radical (unpaired) electrons. The van der Waals surface area contributed by atoms with E-state index in [1.165, 1.54) is 0 Å². The van der Waals surface area contributed by atoms with Gasteiger partial charge in [-0.15, -0.1) is 0 Å². The van der Waals surface area contributed by atoms with Crippen molar-refractivity contribution in [3.05, 3.63) is 60.9 Å². The molecule has 2 atom stereocenters. The highest BCUT2D eigenvalue weighted by atomic mass is 16.2. The first-order valence-electron chi connectivity index (χ1n) is 8.69. The molecule has 3 heteroatoms. The van der Waals surface area contributed by atoms with Gasteiger partial charge in [-0.3, -0.25) is 4.79 Å². The number of hydrogen-bond acceptors (Lipinski definition) is 1. The SMILES string of the molecule is C=C1C2(C(=O)Nc3ccccc3-n3cccc3)CCC(C2)C1(C)C. The highest BCUT2D eigenvalue weighted by Gasteiger charge is 2.60. The zero-order valence-corrected chi connectivity index (χ0v) is 14.4. The van der Waals surface area contributed by atoms with Crippen LogP contribution in [0.25, 0.3) is 5.69 Å². The molecule has 0 aliphatic heterocycles. The lowest BCUT2D eigenvalue weighted by molar-refractivity contribution is -0.123. The smallest absolute Gasteiger partial charge is 0.234 e. The van der Waals surface area contributed by atoms with Crippen LogP contribution in [-0.4, -0.2) is 10.5 Å². The lowest BCUT2D eigenvalue weighted by Gasteiger charge is -2.37. The Morgan fingerprint density at radius 2 is 1.92 bits per heavy atom. The van der Waals surface area contributed by atoms with Gasteiger partial charge in [-0.2, -0.15) is 0 Å². The van der Waals surface area contributed by atoms with Crippen LogP contribution in [0, 0.1) is 16.7 Å². The molecule has 2 aliphatic carbocycles. The summed E-state index contributed by atoms with van der Waals surface area (Å²) in [5.74, 6) is 0.690. The number of benzene rings is 1. The van der Waals surface area contributed by atoms with E-state index in [0.29, 0.717) is 5.92 Å². The number of nitrogens with zero attached hydrogens (tertiary/aromatic N) is 1. The second-order valence-electron chi connectivity index (χ2n) is 7.78. The van der Waals surface area contributed by atoms with E-state index in [1.807, 2.05) is 53.4 Å². The first-order valence-corrected chi connectivity index (χ1v) is 8.69. The van der Waals surface area contributed by atoms with E-state index in [0.717, 1.165) is 36.2 Å². The van der Waals surface area contributed by atoms with Gasteiger partial charge in [0.05, 0.1) is 16.8 Å². The molecule has 4 rings (SSSR count). The van der Waals surface area contributed by atoms with Crippen molar-refractivity contribution in [1.82, 2.24) is 4.57 Å². The van der Waals surface area contributed by atoms with Crippen LogP contribution in [0.3, 0.4) is 0 Å². The first-order chi connectivity index (χ1) is 11.4. The molecule has 1 N–H and O–H groups in total. The Labute approximate surface area is 143 Å². The van der Waals surface area contributed by atoms with Crippen LogP contribution < -0.4 is 5.32 Å². The molecule has 1 amide bonds. The van der Waals surface area contributed by atoms with Gasteiger partial charge in [0.2, 0.25) is 5.91 Å². The lowest BCUT2D eigenvalue weighted by atomic mass is 9.68. The number of nitrogens with one attached hydrogen (secondary N) is 1. The molecular weight excluding hydrogens is 296 g/mol. The number of carbonyl (C=O) groups excluding carboxylic acids is 1. The van der Waals surface area contributed by atoms with Crippen molar-refractivity contribution in [2.75, 3.05) is 5.32 Å². The zero-order chi connectivity index (χ0) is 16.9. The molecule has 2 aliphatic rings. The third-order valence-corrected chi connectivity index (χ3v) is 6.36. The van der Waals surface area contributed by atoms with Gasteiger partial charge >= 0.3 is 0 Å². The van der Waals surface area contributed by atoms with E-state index in [-0.39, 0.29) is 11.3 Å². The topological polar surface area (TPSA) is 34.0 Å². The highest BCUT2D eigenvalue weighted by Crippen LogP contribution is 2.65. The molecule has 0 spiro atoms. The van der Waals surface area contributed by atoms with Gasteiger partial charge in [-0.05, 0) is 54.9 Å². The zero-order valence-electron chi connectivity index (χ0n) is 14.4. The Hall–Kier alpha value is -2.29. The Bertz CT molecular complexity index is 803. The molecule has 0 saturated heterocycles. The summed E-state index contributed by atoms with van der Waals surface area (Å²) in [5.41, 5.74) is 2.63. The maximum Gasteiger partial charge on any atom is 0.234 e. The van der Waals surface area contributed by atoms with Crippen molar-refractivity contribution in [2.24, 2.45) is 16.7 Å². The number of fused-ring (bicyclic) bond motifs is 2. The summed E-state index contributed by atoms with van der Waals surface area (Å²) in [6.07, 6.45) is 6.98. The number of aromatic nitrogens is 1. The molecular formula is C21H24N2O. The Morgan fingerprint density at radius 3 is 2.58 bits per heavy atom. The predicted octanol–water partition coefficient (Wildman–Crippen LogP) is 4.80. The average molecular weight is 320 g/mol. The lowest BCUT2D eigenvalue weighted by Crippen LogP contribution is -2.37. The Morgan fingerprint density at radius 1 is 1.21 bits per heavy atom. The molecule has 2 unspecified atom stereocenters. The van der Waals surface area contributed by atoms with E-state index in [2.05, 4.69) is 25.7 Å². The van der Waals surface area contributed by atoms with Crippen LogP contribution in [0.5, 0.6) is 0 Å². The van der Waals surface area contributed by atoms with Gasteiger partial charge in [0, 0.05) is 12.4 Å². The molecule has 2 bridgehead atoms. The summed E-state index contributed by atoms with van der Waals surface area (Å²) in [4.78, 5) is 13.2. The largest absolute Gasteiger partial charge is 0.324 e. The Balaban J connectivity index is 1.66. The summed E-state index contributed by atoms with van der Waals surface area (Å²) in [6, 6.07) is 11.9. The van der Waals surface area contributed by atoms with E-state index in [1.54, 1.807) is 0 Å². The van der Waals surface area contributed by atoms with Crippen LogP contribution in [-0.2, 0) is 4.79 Å². The summed E-state index contributed by atoms with van der Waals surface area (Å²) in [6.45, 7) is 8.81. The summed E-state index contributed by atoms with van der Waals surface area (Å²) in [5, 5.41) is 3.21. The number of para-hydroxylation sites is 2. The van der Waals surface area contributed by atoms with Gasteiger partial charge in [0.15, 0.2) is 0 Å². The molecule has 24 heavy (non-hydrogen) atoms. The van der Waals surface area contributed by atoms with E-state index >= 15 is 0 Å². The fraction of sp³-hybridized carbons (Fsp3) is 0.381. The third kappa shape index (κ3) is 2.00. The highest BCUT2D eigenvalue weighted by molar-refractivity contribution is 5.99. The number of anilines is 1. The maximum absolute atomic E-state index is 13.2. The van der Waals surface area contributed by atoms with E-state index in [9.17, 15) is 4.79 Å². The number of carbonyl (C=O) groups is 1. The number of amides is 1. The van der Waals surface area contributed by atoms with Gasteiger partial charge in [-0.25, -0.2) is 0 Å². The van der Waals surface area contributed by atoms with Crippen molar-refractivity contribution in [3.8, 4) is 5.69 Å². The van der Waals surface area contributed by atoms with Crippen LogP contribution in [0.1, 0.15) is 33.1 Å². The van der Waals surface area contributed by atoms with Crippen molar-refractivity contribution in [1.29, 1.82) is 0 Å². The van der Waals surface area contributed by atoms with Crippen molar-refractivity contribution in [2.45, 2.75) is 33.1 Å². The van der Waals surface area contributed by atoms with Crippen LogP contribution in [0.2, 0.25) is 0 Å². The average Bonchev–Trinajstić information content (AvgIpc) is 3.27. The predicted molar refractivity (Wildman–Crippen MR) is 97.1 cm³/mol. The number of hydrogen-bond donors (Lipinski definition) is 1. The second-order valence-corrected chi connectivity index (χ2v) is 7.78. The Kier molecular flexibility index (Phi) is 3.24. The van der Waals surface area contributed by atoms with Gasteiger partial charge in [-0.1, -0.05) is 38.1 Å². The molecule has 2 saturated carbocycles. The minimum Gasteiger partial charge on any atom is -0.324 e. The molecule has 2 aromatic rings. The van der Waals surface area contributed by atoms with E-state index < -0.39 is 5.41 Å². The number of rotatable bonds is 3. The van der Waals surface area contributed by atoms with Gasteiger partial charge in [0.1, 0.15) is 0 Å².